The van der Waals surface area contributed by atoms with Crippen molar-refractivity contribution >= 4 is 26.2 Å². The van der Waals surface area contributed by atoms with E-state index < -0.39 is 12.0 Å². The number of aliphatic hydroxyl groups excluding tert-OH is 1. The fourth-order valence-corrected chi connectivity index (χ4v) is 3.34. The molecule has 1 amide bonds. The Morgan fingerprint density at radius 1 is 1.45 bits per heavy atom. The number of aliphatic hydroxyl groups is 1. The molecule has 120 valence electrons. The number of benzene rings is 1. The van der Waals surface area contributed by atoms with Gasteiger partial charge in [-0.2, -0.15) is 0 Å². The van der Waals surface area contributed by atoms with Crippen LogP contribution in [0.3, 0.4) is 0 Å². The van der Waals surface area contributed by atoms with Crippen LogP contribution in [0.1, 0.15) is 32.3 Å². The molecule has 5 heteroatoms. The second-order valence-electron chi connectivity index (χ2n) is 5.77. The van der Waals surface area contributed by atoms with Gasteiger partial charge in [0.05, 0.1) is 0 Å². The van der Waals surface area contributed by atoms with Crippen LogP contribution >= 0.6 is 0 Å². The summed E-state index contributed by atoms with van der Waals surface area (Å²) in [6, 6.07) is 10.0. The number of carbonyl (C=O) groups excluding carboxylic acids is 1. The summed E-state index contributed by atoms with van der Waals surface area (Å²) in [5.74, 6) is -0.503. The van der Waals surface area contributed by atoms with Crippen molar-refractivity contribution in [2.24, 2.45) is 5.92 Å². The van der Waals surface area contributed by atoms with Gasteiger partial charge in [-0.05, 0) is 0 Å². The Morgan fingerprint density at radius 3 is 2.77 bits per heavy atom. The molecule has 4 nitrogen and oxygen atoms in total. The Bertz CT molecular complexity index is 520. The predicted molar refractivity (Wildman–Crippen MR) is 87.6 cm³/mol. The van der Waals surface area contributed by atoms with Gasteiger partial charge in [0.15, 0.2) is 0 Å². The monoisotopic (exact) mass is 369 g/mol. The minimum absolute atomic E-state index is 0.0255. The molecule has 3 atom stereocenters. The molecule has 0 saturated carbocycles. The number of rotatable bonds is 6. The van der Waals surface area contributed by atoms with Crippen molar-refractivity contribution in [2.45, 2.75) is 45.3 Å². The van der Waals surface area contributed by atoms with Crippen molar-refractivity contribution in [3.8, 4) is 0 Å². The second kappa shape index (κ2) is 7.91. The molecular weight excluding hydrogens is 345 g/mol. The maximum atomic E-state index is 12.7. The van der Waals surface area contributed by atoms with E-state index in [2.05, 4.69) is 27.7 Å². The van der Waals surface area contributed by atoms with Crippen molar-refractivity contribution in [3.63, 3.8) is 0 Å². The van der Waals surface area contributed by atoms with Crippen LogP contribution in [0.4, 0.5) is 0 Å². The molecule has 1 aromatic carbocycles. The van der Waals surface area contributed by atoms with Crippen LogP contribution in [0.5, 0.6) is 0 Å². The van der Waals surface area contributed by atoms with E-state index in [0.717, 1.165) is 12.8 Å². The van der Waals surface area contributed by atoms with E-state index in [0.29, 0.717) is 17.8 Å². The van der Waals surface area contributed by atoms with E-state index in [1.165, 1.54) is 5.56 Å². The van der Waals surface area contributed by atoms with E-state index in [-0.39, 0.29) is 11.9 Å². The first-order chi connectivity index (χ1) is 10.5. The predicted octanol–water partition coefficient (Wildman–Crippen LogP) is 1.51. The van der Waals surface area contributed by atoms with Gasteiger partial charge in [-0.25, -0.2) is 0 Å². The van der Waals surface area contributed by atoms with E-state index in [9.17, 15) is 9.90 Å². The quantitative estimate of drug-likeness (QED) is 0.775. The molecule has 1 N–H and O–H groups in total. The van der Waals surface area contributed by atoms with Crippen molar-refractivity contribution in [2.75, 3.05) is 6.61 Å². The first kappa shape index (κ1) is 17.2. The average Bonchev–Trinajstić information content (AvgIpc) is 2.87. The molecule has 0 bridgehead atoms. The first-order valence-electron chi connectivity index (χ1n) is 7.76. The third-order valence-electron chi connectivity index (χ3n) is 4.06. The van der Waals surface area contributed by atoms with Crippen LogP contribution in [0.15, 0.2) is 30.3 Å². The molecule has 0 radical (unpaired) electrons. The molecule has 1 aliphatic heterocycles. The van der Waals surface area contributed by atoms with Crippen molar-refractivity contribution in [3.05, 3.63) is 35.9 Å². The number of amides is 1. The summed E-state index contributed by atoms with van der Waals surface area (Å²) in [5, 5.41) is 10.1. The first-order valence-corrected chi connectivity index (χ1v) is 8.62. The van der Waals surface area contributed by atoms with Crippen LogP contribution in [0.2, 0.25) is 0 Å². The third kappa shape index (κ3) is 3.97. The summed E-state index contributed by atoms with van der Waals surface area (Å²) < 4.78 is 6.06. The summed E-state index contributed by atoms with van der Waals surface area (Å²) in [5.41, 5.74) is 1.17. The maximum absolute atomic E-state index is 12.7. The van der Waals surface area contributed by atoms with Crippen LogP contribution in [0, 0.1) is 5.92 Å². The zero-order valence-electron chi connectivity index (χ0n) is 13.1. The molecule has 1 fully saturated rings. The summed E-state index contributed by atoms with van der Waals surface area (Å²) in [6.45, 7) is 4.27. The SMILES string of the molecule is CCCC(O)C(C)C(=O)N1C(=[Se])OC[C@@H]1Cc1ccccc1. The molecule has 0 aliphatic carbocycles. The summed E-state index contributed by atoms with van der Waals surface area (Å²) in [6.07, 6.45) is 1.63. The second-order valence-corrected chi connectivity index (χ2v) is 6.51. The fraction of sp³-hybridized carbons (Fsp3) is 0.529. The van der Waals surface area contributed by atoms with E-state index in [4.69, 9.17) is 4.74 Å². The van der Waals surface area contributed by atoms with Gasteiger partial charge in [-0.1, -0.05) is 0 Å². The van der Waals surface area contributed by atoms with Gasteiger partial charge in [-0.3, -0.25) is 0 Å². The molecule has 2 unspecified atom stereocenters. The molecule has 2 rings (SSSR count). The Kier molecular flexibility index (Phi) is 6.18. The summed E-state index contributed by atoms with van der Waals surface area (Å²) >= 11 is 2.83. The number of hydrogen-bond acceptors (Lipinski definition) is 3. The van der Waals surface area contributed by atoms with Crippen LogP contribution in [-0.4, -0.2) is 55.0 Å². The Hall–Kier alpha value is -1.16. The number of ether oxygens (including phenoxy) is 1. The van der Waals surface area contributed by atoms with E-state index >= 15 is 0 Å². The van der Waals surface area contributed by atoms with Crippen LogP contribution < -0.4 is 0 Å². The van der Waals surface area contributed by atoms with Crippen LogP contribution in [0.25, 0.3) is 0 Å². The molecule has 1 saturated heterocycles. The van der Waals surface area contributed by atoms with Gasteiger partial charge in [0.25, 0.3) is 0 Å². The van der Waals surface area contributed by atoms with Crippen LogP contribution in [-0.2, 0) is 16.0 Å². The number of nitrogens with zero attached hydrogens (tertiary/aromatic N) is 1. The van der Waals surface area contributed by atoms with E-state index in [1.54, 1.807) is 11.8 Å². The zero-order chi connectivity index (χ0) is 16.1. The molecule has 0 aromatic heterocycles. The topological polar surface area (TPSA) is 49.8 Å². The number of hydrogen-bond donors (Lipinski definition) is 1. The average molecular weight is 368 g/mol. The molecule has 1 aliphatic rings. The zero-order valence-corrected chi connectivity index (χ0v) is 14.8. The van der Waals surface area contributed by atoms with Gasteiger partial charge < -0.3 is 0 Å². The summed E-state index contributed by atoms with van der Waals surface area (Å²) in [7, 11) is 0. The van der Waals surface area contributed by atoms with Crippen molar-refractivity contribution < 1.29 is 14.6 Å². The molecule has 1 aromatic rings. The standard InChI is InChI=1S/C17H23NO3Se/c1-3-7-15(19)12(2)16(20)18-14(11-21-17(18)22)10-13-8-5-4-6-9-13/h4-6,8-9,12,14-15,19H,3,7,10-11H2,1-2H3/t12?,14-,15?/m0/s1. The molecule has 0 spiro atoms. The molecule has 1 heterocycles. The van der Waals surface area contributed by atoms with E-state index in [1.807, 2.05) is 25.1 Å². The van der Waals surface area contributed by atoms with Crippen molar-refractivity contribution in [1.29, 1.82) is 0 Å². The Morgan fingerprint density at radius 2 is 2.14 bits per heavy atom. The Balaban J connectivity index is 2.09. The van der Waals surface area contributed by atoms with Gasteiger partial charge in [0.1, 0.15) is 0 Å². The van der Waals surface area contributed by atoms with Gasteiger partial charge in [0, 0.05) is 0 Å². The number of carbonyl (C=O) groups is 1. The normalized spacial score (nSPS) is 20.6. The van der Waals surface area contributed by atoms with Gasteiger partial charge >= 0.3 is 139 Å². The van der Waals surface area contributed by atoms with Gasteiger partial charge in [-0.15, -0.1) is 0 Å². The molecule has 22 heavy (non-hydrogen) atoms. The molecular formula is C17H23NO3Se. The van der Waals surface area contributed by atoms with Gasteiger partial charge in [0.2, 0.25) is 0 Å². The van der Waals surface area contributed by atoms with Crippen molar-refractivity contribution in [1.82, 2.24) is 4.90 Å². The third-order valence-corrected chi connectivity index (χ3v) is 4.72. The minimum atomic E-state index is -0.608. The fourth-order valence-electron chi connectivity index (χ4n) is 2.70. The summed E-state index contributed by atoms with van der Waals surface area (Å²) in [4.78, 5) is 14.4. The Labute approximate surface area is 139 Å².